The van der Waals surface area contributed by atoms with Crippen LogP contribution in [0.15, 0.2) is 60.8 Å². The number of ether oxygens (including phenoxy) is 2. The molecule has 0 saturated heterocycles. The van der Waals surface area contributed by atoms with Crippen molar-refractivity contribution in [3.63, 3.8) is 0 Å². The van der Waals surface area contributed by atoms with Crippen molar-refractivity contribution < 1.29 is 13.9 Å². The van der Waals surface area contributed by atoms with Crippen molar-refractivity contribution >= 4 is 5.82 Å². The van der Waals surface area contributed by atoms with Crippen molar-refractivity contribution in [2.75, 3.05) is 5.73 Å². The average molecular weight is 325 g/mol. The van der Waals surface area contributed by atoms with Gasteiger partial charge in [0.25, 0.3) is 0 Å². The Morgan fingerprint density at radius 1 is 1.00 bits per heavy atom. The van der Waals surface area contributed by atoms with Crippen molar-refractivity contribution in [1.29, 1.82) is 0 Å². The second-order valence-corrected chi connectivity index (χ2v) is 5.13. The highest BCUT2D eigenvalue weighted by Gasteiger charge is 2.11. The monoisotopic (exact) mass is 325 g/mol. The van der Waals surface area contributed by atoms with Gasteiger partial charge in [0.2, 0.25) is 0 Å². The molecule has 122 valence electrons. The molecule has 0 saturated carbocycles. The van der Waals surface area contributed by atoms with Gasteiger partial charge in [0, 0.05) is 0 Å². The predicted molar refractivity (Wildman–Crippen MR) is 88.4 cm³/mol. The standard InChI is InChI=1S/C18H16FN3O2/c1-12(23-18-21-11-16(19)17(20)22-18)13-7-9-15(10-8-13)24-14-5-3-2-4-6-14/h2-12H,1H3,(H2,20,21,22). The highest BCUT2D eigenvalue weighted by atomic mass is 19.1. The molecule has 0 radical (unpaired) electrons. The number of benzene rings is 2. The highest BCUT2D eigenvalue weighted by Crippen LogP contribution is 2.25. The van der Waals surface area contributed by atoms with Crippen molar-refractivity contribution in [2.45, 2.75) is 13.0 Å². The fourth-order valence-electron chi connectivity index (χ4n) is 2.08. The molecule has 1 heterocycles. The maximum Gasteiger partial charge on any atom is 0.319 e. The summed E-state index contributed by atoms with van der Waals surface area (Å²) in [5.74, 6) is 0.584. The number of nitrogens with two attached hydrogens (primary N) is 1. The van der Waals surface area contributed by atoms with Gasteiger partial charge in [-0.2, -0.15) is 4.98 Å². The Hall–Kier alpha value is -3.15. The number of nitrogens with zero attached hydrogens (tertiary/aromatic N) is 2. The molecular formula is C18H16FN3O2. The summed E-state index contributed by atoms with van der Waals surface area (Å²) in [6, 6.07) is 17.0. The van der Waals surface area contributed by atoms with Gasteiger partial charge in [-0.25, -0.2) is 9.37 Å². The van der Waals surface area contributed by atoms with Crippen LogP contribution in [0.2, 0.25) is 0 Å². The van der Waals surface area contributed by atoms with E-state index < -0.39 is 5.82 Å². The number of hydrogen-bond donors (Lipinski definition) is 1. The molecule has 24 heavy (non-hydrogen) atoms. The van der Waals surface area contributed by atoms with Crippen LogP contribution in [-0.2, 0) is 0 Å². The molecule has 1 aromatic heterocycles. The summed E-state index contributed by atoms with van der Waals surface area (Å²) in [4.78, 5) is 7.52. The lowest BCUT2D eigenvalue weighted by molar-refractivity contribution is 0.207. The minimum Gasteiger partial charge on any atom is -0.457 e. The molecule has 3 aromatic rings. The zero-order valence-electron chi connectivity index (χ0n) is 13.0. The van der Waals surface area contributed by atoms with Gasteiger partial charge in [0.15, 0.2) is 11.6 Å². The lowest BCUT2D eigenvalue weighted by Gasteiger charge is -2.14. The van der Waals surface area contributed by atoms with E-state index in [9.17, 15) is 4.39 Å². The van der Waals surface area contributed by atoms with Crippen molar-refractivity contribution in [2.24, 2.45) is 0 Å². The third-order valence-corrected chi connectivity index (χ3v) is 3.36. The summed E-state index contributed by atoms with van der Waals surface area (Å²) in [5, 5.41) is 0. The third kappa shape index (κ3) is 3.78. The first kappa shape index (κ1) is 15.7. The first-order chi connectivity index (χ1) is 11.6. The number of hydrogen-bond acceptors (Lipinski definition) is 5. The summed E-state index contributed by atoms with van der Waals surface area (Å²) >= 11 is 0. The smallest absolute Gasteiger partial charge is 0.319 e. The molecule has 0 bridgehead atoms. The summed E-state index contributed by atoms with van der Waals surface area (Å²) in [6.45, 7) is 1.84. The van der Waals surface area contributed by atoms with Gasteiger partial charge in [-0.1, -0.05) is 30.3 Å². The number of para-hydroxylation sites is 1. The molecule has 0 fully saturated rings. The summed E-state index contributed by atoms with van der Waals surface area (Å²) in [5.41, 5.74) is 6.31. The maximum atomic E-state index is 13.1. The van der Waals surface area contributed by atoms with Crippen LogP contribution in [0.5, 0.6) is 17.5 Å². The van der Waals surface area contributed by atoms with E-state index in [2.05, 4.69) is 9.97 Å². The molecule has 2 aromatic carbocycles. The van der Waals surface area contributed by atoms with Crippen LogP contribution in [0, 0.1) is 5.82 Å². The lowest BCUT2D eigenvalue weighted by atomic mass is 10.1. The summed E-state index contributed by atoms with van der Waals surface area (Å²) in [6.07, 6.45) is 0.668. The summed E-state index contributed by atoms with van der Waals surface area (Å²) < 4.78 is 24.4. The fourth-order valence-corrected chi connectivity index (χ4v) is 2.08. The van der Waals surface area contributed by atoms with E-state index in [1.165, 1.54) is 0 Å². The van der Waals surface area contributed by atoms with Crippen LogP contribution >= 0.6 is 0 Å². The Morgan fingerprint density at radius 3 is 2.33 bits per heavy atom. The molecular weight excluding hydrogens is 309 g/mol. The normalized spacial score (nSPS) is 11.8. The molecule has 1 atom stereocenters. The van der Waals surface area contributed by atoms with Crippen molar-refractivity contribution in [1.82, 2.24) is 9.97 Å². The second kappa shape index (κ2) is 6.95. The Labute approximate surface area is 138 Å². The van der Waals surface area contributed by atoms with Gasteiger partial charge in [0.05, 0.1) is 6.20 Å². The summed E-state index contributed by atoms with van der Waals surface area (Å²) in [7, 11) is 0. The number of rotatable bonds is 5. The van der Waals surface area contributed by atoms with Crippen LogP contribution in [0.4, 0.5) is 10.2 Å². The van der Waals surface area contributed by atoms with Gasteiger partial charge < -0.3 is 15.2 Å². The van der Waals surface area contributed by atoms with Gasteiger partial charge in [0.1, 0.15) is 17.6 Å². The largest absolute Gasteiger partial charge is 0.457 e. The Balaban J connectivity index is 1.67. The SMILES string of the molecule is CC(Oc1ncc(F)c(N)n1)c1ccc(Oc2ccccc2)cc1. The zero-order valence-corrected chi connectivity index (χ0v) is 13.0. The average Bonchev–Trinajstić information content (AvgIpc) is 2.60. The molecule has 0 amide bonds. The third-order valence-electron chi connectivity index (χ3n) is 3.36. The number of nitrogen functional groups attached to an aromatic ring is 1. The molecule has 1 unspecified atom stereocenters. The first-order valence-corrected chi connectivity index (χ1v) is 7.39. The second-order valence-electron chi connectivity index (χ2n) is 5.13. The Bertz CT molecular complexity index is 810. The van der Waals surface area contributed by atoms with Crippen LogP contribution in [0.3, 0.4) is 0 Å². The molecule has 6 heteroatoms. The molecule has 3 rings (SSSR count). The Kier molecular flexibility index (Phi) is 4.56. The van der Waals surface area contributed by atoms with Crippen molar-refractivity contribution in [3.8, 4) is 17.5 Å². The Morgan fingerprint density at radius 2 is 1.67 bits per heavy atom. The quantitative estimate of drug-likeness (QED) is 0.764. The van der Waals surface area contributed by atoms with E-state index in [0.717, 1.165) is 23.3 Å². The van der Waals surface area contributed by atoms with Gasteiger partial charge >= 0.3 is 6.01 Å². The van der Waals surface area contributed by atoms with E-state index in [0.29, 0.717) is 0 Å². The first-order valence-electron chi connectivity index (χ1n) is 7.39. The van der Waals surface area contributed by atoms with Gasteiger partial charge in [-0.05, 0) is 36.8 Å². The minimum atomic E-state index is -0.669. The van der Waals surface area contributed by atoms with E-state index in [-0.39, 0.29) is 17.9 Å². The van der Waals surface area contributed by atoms with Crippen LogP contribution in [0.25, 0.3) is 0 Å². The van der Waals surface area contributed by atoms with Crippen molar-refractivity contribution in [3.05, 3.63) is 72.2 Å². The lowest BCUT2D eigenvalue weighted by Crippen LogP contribution is -2.07. The van der Waals surface area contributed by atoms with Crippen LogP contribution in [-0.4, -0.2) is 9.97 Å². The van der Waals surface area contributed by atoms with Crippen LogP contribution < -0.4 is 15.2 Å². The molecule has 2 N–H and O–H groups in total. The van der Waals surface area contributed by atoms with E-state index in [1.54, 1.807) is 0 Å². The van der Waals surface area contributed by atoms with Gasteiger partial charge in [-0.15, -0.1) is 0 Å². The van der Waals surface area contributed by atoms with E-state index >= 15 is 0 Å². The minimum absolute atomic E-state index is 0.0333. The van der Waals surface area contributed by atoms with E-state index in [1.807, 2.05) is 61.5 Å². The molecule has 0 aliphatic carbocycles. The molecule has 5 nitrogen and oxygen atoms in total. The maximum absolute atomic E-state index is 13.1. The highest BCUT2D eigenvalue weighted by molar-refractivity contribution is 5.34. The zero-order chi connectivity index (χ0) is 16.9. The number of halogens is 1. The topological polar surface area (TPSA) is 70.3 Å². The molecule has 0 aliphatic rings. The van der Waals surface area contributed by atoms with E-state index in [4.69, 9.17) is 15.2 Å². The fraction of sp³-hybridized carbons (Fsp3) is 0.111. The molecule has 0 aliphatic heterocycles. The number of aromatic nitrogens is 2. The van der Waals surface area contributed by atoms with Gasteiger partial charge in [-0.3, -0.25) is 0 Å². The van der Waals surface area contributed by atoms with Crippen LogP contribution in [0.1, 0.15) is 18.6 Å². The number of anilines is 1. The molecule has 0 spiro atoms. The predicted octanol–water partition coefficient (Wildman–Crippen LogP) is 4.13.